The number of carbonyl (C=O) groups is 3. The quantitative estimate of drug-likeness (QED) is 0.598. The Labute approximate surface area is 126 Å². The minimum absolute atomic E-state index is 0.223. The van der Waals surface area contributed by atoms with Gasteiger partial charge in [-0.15, -0.1) is 0 Å². The molecule has 122 valence electrons. The van der Waals surface area contributed by atoms with Crippen molar-refractivity contribution in [1.29, 1.82) is 0 Å². The molecule has 21 heavy (non-hydrogen) atoms. The minimum atomic E-state index is -1.07. The molecule has 0 aromatic heterocycles. The largest absolute Gasteiger partial charge is 0.480 e. The van der Waals surface area contributed by atoms with Crippen LogP contribution in [-0.4, -0.2) is 46.0 Å². The number of hydrogen-bond donors (Lipinski definition) is 1. The van der Waals surface area contributed by atoms with Gasteiger partial charge in [0.1, 0.15) is 17.6 Å². The average Bonchev–Trinajstić information content (AvgIpc) is 2.30. The van der Waals surface area contributed by atoms with E-state index in [1.54, 1.807) is 41.5 Å². The fraction of sp³-hybridized carbons (Fsp3) is 0.800. The standard InChI is InChI=1S/C15H27NO5/c1-8-16(11(9(2)3)13(18)19)12(17)10(4)14(20)21-15(5,6)7/h9-11H,8H2,1-7H3,(H,18,19). The third-order valence-corrected chi connectivity index (χ3v) is 2.97. The van der Waals surface area contributed by atoms with Crippen LogP contribution in [0.3, 0.4) is 0 Å². The van der Waals surface area contributed by atoms with Crippen LogP contribution < -0.4 is 0 Å². The van der Waals surface area contributed by atoms with Crippen LogP contribution in [0.25, 0.3) is 0 Å². The van der Waals surface area contributed by atoms with Gasteiger partial charge in [-0.3, -0.25) is 9.59 Å². The summed E-state index contributed by atoms with van der Waals surface area (Å²) < 4.78 is 5.18. The lowest BCUT2D eigenvalue weighted by molar-refractivity contribution is -0.167. The smallest absolute Gasteiger partial charge is 0.326 e. The SMILES string of the molecule is CCN(C(=O)C(C)C(=O)OC(C)(C)C)C(C(=O)O)C(C)C. The zero-order valence-corrected chi connectivity index (χ0v) is 14.0. The zero-order valence-electron chi connectivity index (χ0n) is 14.0. The Kier molecular flexibility index (Phi) is 6.86. The number of rotatable bonds is 6. The van der Waals surface area contributed by atoms with Gasteiger partial charge in [-0.1, -0.05) is 13.8 Å². The van der Waals surface area contributed by atoms with Crippen molar-refractivity contribution in [2.24, 2.45) is 11.8 Å². The monoisotopic (exact) mass is 301 g/mol. The molecule has 0 saturated heterocycles. The average molecular weight is 301 g/mol. The van der Waals surface area contributed by atoms with Gasteiger partial charge in [0.15, 0.2) is 0 Å². The number of ether oxygens (including phenoxy) is 1. The summed E-state index contributed by atoms with van der Waals surface area (Å²) in [7, 11) is 0. The molecule has 0 radical (unpaired) electrons. The van der Waals surface area contributed by atoms with Crippen molar-refractivity contribution in [3.63, 3.8) is 0 Å². The van der Waals surface area contributed by atoms with Crippen molar-refractivity contribution in [3.05, 3.63) is 0 Å². The highest BCUT2D eigenvalue weighted by Gasteiger charge is 2.37. The summed E-state index contributed by atoms with van der Waals surface area (Å²) >= 11 is 0. The van der Waals surface area contributed by atoms with Crippen molar-refractivity contribution in [2.75, 3.05) is 6.54 Å². The maximum atomic E-state index is 12.4. The zero-order chi connectivity index (χ0) is 17.0. The van der Waals surface area contributed by atoms with Gasteiger partial charge in [-0.05, 0) is 40.5 Å². The number of amides is 1. The van der Waals surface area contributed by atoms with Crippen LogP contribution in [0.15, 0.2) is 0 Å². The first-order chi connectivity index (χ1) is 9.42. The minimum Gasteiger partial charge on any atom is -0.480 e. The molecule has 0 bridgehead atoms. The molecule has 0 fully saturated rings. The van der Waals surface area contributed by atoms with Crippen LogP contribution in [0, 0.1) is 11.8 Å². The summed E-state index contributed by atoms with van der Waals surface area (Å²) in [6.07, 6.45) is 0. The van der Waals surface area contributed by atoms with Crippen molar-refractivity contribution in [1.82, 2.24) is 4.90 Å². The van der Waals surface area contributed by atoms with Crippen molar-refractivity contribution in [3.8, 4) is 0 Å². The molecule has 0 rings (SSSR count). The topological polar surface area (TPSA) is 83.9 Å². The van der Waals surface area contributed by atoms with E-state index in [9.17, 15) is 19.5 Å². The summed E-state index contributed by atoms with van der Waals surface area (Å²) in [5.41, 5.74) is -0.688. The number of carboxylic acid groups (broad SMARTS) is 1. The van der Waals surface area contributed by atoms with E-state index < -0.39 is 35.4 Å². The Morgan fingerprint density at radius 3 is 1.90 bits per heavy atom. The molecule has 0 aliphatic carbocycles. The Bertz CT molecular complexity index is 397. The third-order valence-electron chi connectivity index (χ3n) is 2.97. The molecule has 6 heteroatoms. The lowest BCUT2D eigenvalue weighted by Crippen LogP contribution is -2.51. The molecule has 2 unspecified atom stereocenters. The van der Waals surface area contributed by atoms with Crippen LogP contribution in [0.1, 0.15) is 48.5 Å². The second kappa shape index (κ2) is 7.43. The Hall–Kier alpha value is -1.59. The molecule has 0 aliphatic rings. The molecule has 6 nitrogen and oxygen atoms in total. The summed E-state index contributed by atoms with van der Waals surface area (Å²) in [6.45, 7) is 12.0. The van der Waals surface area contributed by atoms with Crippen LogP contribution >= 0.6 is 0 Å². The maximum absolute atomic E-state index is 12.4. The molecule has 1 amide bonds. The Balaban J connectivity index is 5.17. The Morgan fingerprint density at radius 1 is 1.14 bits per heavy atom. The molecule has 1 N–H and O–H groups in total. The van der Waals surface area contributed by atoms with E-state index in [2.05, 4.69) is 0 Å². The molecule has 0 aromatic carbocycles. The molecule has 2 atom stereocenters. The predicted octanol–water partition coefficient (Wildman–Crippen LogP) is 1.92. The number of hydrogen-bond acceptors (Lipinski definition) is 4. The number of likely N-dealkylation sites (N-methyl/N-ethyl adjacent to an activating group) is 1. The predicted molar refractivity (Wildman–Crippen MR) is 78.7 cm³/mol. The Morgan fingerprint density at radius 2 is 1.62 bits per heavy atom. The normalized spacial score (nSPS) is 14.5. The highest BCUT2D eigenvalue weighted by atomic mass is 16.6. The second-order valence-corrected chi connectivity index (χ2v) is 6.41. The number of carbonyl (C=O) groups excluding carboxylic acids is 2. The van der Waals surface area contributed by atoms with Crippen molar-refractivity contribution < 1.29 is 24.2 Å². The summed E-state index contributed by atoms with van der Waals surface area (Å²) in [5.74, 6) is -3.51. The fourth-order valence-electron chi connectivity index (χ4n) is 2.01. The summed E-state index contributed by atoms with van der Waals surface area (Å²) in [4.78, 5) is 37.0. The molecular formula is C15H27NO5. The molecule has 0 aliphatic heterocycles. The summed E-state index contributed by atoms with van der Waals surface area (Å²) in [5, 5.41) is 9.29. The van der Waals surface area contributed by atoms with Crippen LogP contribution in [0.4, 0.5) is 0 Å². The highest BCUT2D eigenvalue weighted by molar-refractivity contribution is 5.99. The van der Waals surface area contributed by atoms with Crippen molar-refractivity contribution in [2.45, 2.75) is 60.1 Å². The van der Waals surface area contributed by atoms with Gasteiger partial charge in [0.25, 0.3) is 0 Å². The maximum Gasteiger partial charge on any atom is 0.326 e. The van der Waals surface area contributed by atoms with E-state index in [1.165, 1.54) is 11.8 Å². The second-order valence-electron chi connectivity index (χ2n) is 6.41. The van der Waals surface area contributed by atoms with E-state index in [1.807, 2.05) is 0 Å². The third kappa shape index (κ3) is 5.73. The van der Waals surface area contributed by atoms with Gasteiger partial charge in [0.2, 0.25) is 5.91 Å². The fourth-order valence-corrected chi connectivity index (χ4v) is 2.01. The van der Waals surface area contributed by atoms with E-state index in [-0.39, 0.29) is 12.5 Å². The van der Waals surface area contributed by atoms with Gasteiger partial charge >= 0.3 is 11.9 Å². The number of carboxylic acids is 1. The van der Waals surface area contributed by atoms with Gasteiger partial charge in [-0.25, -0.2) is 4.79 Å². The lowest BCUT2D eigenvalue weighted by atomic mass is 10.0. The first-order valence-corrected chi connectivity index (χ1v) is 7.18. The van der Waals surface area contributed by atoms with Crippen LogP contribution in [-0.2, 0) is 19.1 Å². The number of nitrogens with zero attached hydrogens (tertiary/aromatic N) is 1. The van der Waals surface area contributed by atoms with E-state index in [4.69, 9.17) is 4.74 Å². The number of esters is 1. The molecular weight excluding hydrogens is 274 g/mol. The molecule has 0 saturated carbocycles. The van der Waals surface area contributed by atoms with Gasteiger partial charge < -0.3 is 14.7 Å². The first-order valence-electron chi connectivity index (χ1n) is 7.18. The first kappa shape index (κ1) is 19.4. The lowest BCUT2D eigenvalue weighted by Gasteiger charge is -2.32. The molecule has 0 heterocycles. The van der Waals surface area contributed by atoms with E-state index >= 15 is 0 Å². The van der Waals surface area contributed by atoms with E-state index in [0.717, 1.165) is 0 Å². The highest BCUT2D eigenvalue weighted by Crippen LogP contribution is 2.17. The van der Waals surface area contributed by atoms with Crippen LogP contribution in [0.2, 0.25) is 0 Å². The van der Waals surface area contributed by atoms with Crippen LogP contribution in [0.5, 0.6) is 0 Å². The molecule has 0 spiro atoms. The van der Waals surface area contributed by atoms with Gasteiger partial charge in [0.05, 0.1) is 0 Å². The van der Waals surface area contributed by atoms with Crippen molar-refractivity contribution >= 4 is 17.8 Å². The van der Waals surface area contributed by atoms with Gasteiger partial charge in [0, 0.05) is 6.54 Å². The van der Waals surface area contributed by atoms with Gasteiger partial charge in [-0.2, -0.15) is 0 Å². The summed E-state index contributed by atoms with van der Waals surface area (Å²) in [6, 6.07) is -0.951. The molecule has 0 aromatic rings. The number of aliphatic carboxylic acids is 1. The van der Waals surface area contributed by atoms with E-state index in [0.29, 0.717) is 0 Å².